The highest BCUT2D eigenvalue weighted by Gasteiger charge is 2.16. The fraction of sp³-hybridized carbons (Fsp3) is 0.182. The van der Waals surface area contributed by atoms with E-state index in [1.807, 2.05) is 0 Å². The molecule has 1 heterocycles. The van der Waals surface area contributed by atoms with E-state index in [1.54, 1.807) is 13.0 Å². The van der Waals surface area contributed by atoms with Crippen LogP contribution in [0.2, 0.25) is 5.02 Å². The van der Waals surface area contributed by atoms with E-state index in [4.69, 9.17) is 11.6 Å². The van der Waals surface area contributed by atoms with Gasteiger partial charge in [-0.05, 0) is 18.6 Å². The van der Waals surface area contributed by atoms with Gasteiger partial charge in [-0.15, -0.1) is 5.10 Å². The first-order chi connectivity index (χ1) is 8.58. The number of thioether (sulfide) groups is 1. The van der Waals surface area contributed by atoms with E-state index in [0.29, 0.717) is 15.9 Å². The fourth-order valence-corrected chi connectivity index (χ4v) is 2.15. The Labute approximate surface area is 112 Å². The molecule has 1 fully saturated rings. The first-order valence-corrected chi connectivity index (χ1v) is 6.42. The van der Waals surface area contributed by atoms with Crippen molar-refractivity contribution < 1.29 is 9.18 Å². The maximum absolute atomic E-state index is 13.5. The molecule has 0 atom stereocenters. The number of rotatable bonds is 2. The average molecular weight is 286 g/mol. The Morgan fingerprint density at radius 1 is 1.56 bits per heavy atom. The predicted molar refractivity (Wildman–Crippen MR) is 71.8 cm³/mol. The molecular formula is C11H9ClFN3OS. The lowest BCUT2D eigenvalue weighted by atomic mass is 10.1. The van der Waals surface area contributed by atoms with Crippen LogP contribution in [0, 0.1) is 12.7 Å². The molecule has 1 saturated heterocycles. The van der Waals surface area contributed by atoms with Crippen molar-refractivity contribution in [3.8, 4) is 0 Å². The molecule has 1 aromatic carbocycles. The van der Waals surface area contributed by atoms with Crippen LogP contribution < -0.4 is 5.32 Å². The predicted octanol–water partition coefficient (Wildman–Crippen LogP) is 2.34. The van der Waals surface area contributed by atoms with Crippen LogP contribution in [0.5, 0.6) is 0 Å². The van der Waals surface area contributed by atoms with Gasteiger partial charge in [-0.3, -0.25) is 4.79 Å². The molecule has 7 heteroatoms. The molecule has 1 N–H and O–H groups in total. The number of amides is 1. The molecule has 0 saturated carbocycles. The summed E-state index contributed by atoms with van der Waals surface area (Å²) < 4.78 is 13.5. The van der Waals surface area contributed by atoms with Gasteiger partial charge in [0.05, 0.1) is 17.0 Å². The van der Waals surface area contributed by atoms with Crippen molar-refractivity contribution in [1.29, 1.82) is 0 Å². The quantitative estimate of drug-likeness (QED) is 0.670. The highest BCUT2D eigenvalue weighted by molar-refractivity contribution is 8.15. The van der Waals surface area contributed by atoms with Crippen LogP contribution in [-0.2, 0) is 4.79 Å². The van der Waals surface area contributed by atoms with Gasteiger partial charge in [0.1, 0.15) is 5.82 Å². The summed E-state index contributed by atoms with van der Waals surface area (Å²) in [6, 6.07) is 2.91. The molecule has 4 nitrogen and oxygen atoms in total. The molecule has 18 heavy (non-hydrogen) atoms. The number of aryl methyl sites for hydroxylation is 1. The van der Waals surface area contributed by atoms with E-state index in [9.17, 15) is 9.18 Å². The summed E-state index contributed by atoms with van der Waals surface area (Å²) in [6.45, 7) is 1.78. The highest BCUT2D eigenvalue weighted by Crippen LogP contribution is 2.21. The van der Waals surface area contributed by atoms with E-state index >= 15 is 0 Å². The summed E-state index contributed by atoms with van der Waals surface area (Å²) >= 11 is 7.21. The van der Waals surface area contributed by atoms with Crippen molar-refractivity contribution in [2.75, 3.05) is 5.75 Å². The number of carbonyl (C=O) groups excluding carboxylic acids is 1. The van der Waals surface area contributed by atoms with Crippen LogP contribution in [0.1, 0.15) is 11.1 Å². The lowest BCUT2D eigenvalue weighted by molar-refractivity contribution is -0.116. The Balaban J connectivity index is 2.19. The minimum atomic E-state index is -0.460. The van der Waals surface area contributed by atoms with Crippen LogP contribution in [-0.4, -0.2) is 23.0 Å². The second-order valence-corrected chi connectivity index (χ2v) is 4.92. The standard InChI is InChI=1S/C11H9ClFN3OS/c1-6-2-3-8(13)7(10(6)12)4-14-16-11-15-9(17)5-18-11/h2-4H,5H2,1H3,(H,15,16,17). The van der Waals surface area contributed by atoms with E-state index < -0.39 is 5.82 Å². The molecule has 0 aromatic heterocycles. The maximum atomic E-state index is 13.5. The zero-order valence-corrected chi connectivity index (χ0v) is 11.0. The molecule has 0 spiro atoms. The smallest absolute Gasteiger partial charge is 0.236 e. The van der Waals surface area contributed by atoms with E-state index in [2.05, 4.69) is 15.5 Å². The van der Waals surface area contributed by atoms with E-state index in [-0.39, 0.29) is 11.5 Å². The number of amidine groups is 1. The van der Waals surface area contributed by atoms with Gasteiger partial charge in [0.25, 0.3) is 0 Å². The molecule has 0 unspecified atom stereocenters. The molecule has 1 aromatic rings. The molecule has 1 aliphatic rings. The van der Waals surface area contributed by atoms with Gasteiger partial charge >= 0.3 is 0 Å². The second-order valence-electron chi connectivity index (χ2n) is 3.58. The minimum absolute atomic E-state index is 0.117. The van der Waals surface area contributed by atoms with Crippen molar-refractivity contribution in [3.05, 3.63) is 34.1 Å². The normalized spacial score (nSPS) is 17.7. The van der Waals surface area contributed by atoms with Crippen LogP contribution in [0.25, 0.3) is 0 Å². The molecule has 0 bridgehead atoms. The third-order valence-electron chi connectivity index (χ3n) is 2.24. The maximum Gasteiger partial charge on any atom is 0.236 e. The van der Waals surface area contributed by atoms with E-state index in [1.165, 1.54) is 24.0 Å². The van der Waals surface area contributed by atoms with Gasteiger partial charge in [0.2, 0.25) is 5.91 Å². The topological polar surface area (TPSA) is 53.8 Å². The van der Waals surface area contributed by atoms with Crippen molar-refractivity contribution in [2.45, 2.75) is 6.92 Å². The first kappa shape index (κ1) is 13.0. The minimum Gasteiger partial charge on any atom is -0.303 e. The third kappa shape index (κ3) is 2.88. The van der Waals surface area contributed by atoms with Crippen LogP contribution in [0.4, 0.5) is 4.39 Å². The lowest BCUT2D eigenvalue weighted by Crippen LogP contribution is -2.19. The second kappa shape index (κ2) is 5.49. The summed E-state index contributed by atoms with van der Waals surface area (Å²) in [5, 5.41) is 10.7. The molecule has 1 aliphatic heterocycles. The number of nitrogens with zero attached hydrogens (tertiary/aromatic N) is 2. The summed E-state index contributed by atoms with van der Waals surface area (Å²) in [7, 11) is 0. The SMILES string of the molecule is Cc1ccc(F)c(C=NN=C2NC(=O)CS2)c1Cl. The fourth-order valence-electron chi connectivity index (χ4n) is 1.31. The lowest BCUT2D eigenvalue weighted by Gasteiger charge is -2.02. The van der Waals surface area contributed by atoms with Gasteiger partial charge < -0.3 is 5.32 Å². The summed E-state index contributed by atoms with van der Waals surface area (Å²) in [5.41, 5.74) is 0.950. The monoisotopic (exact) mass is 285 g/mol. The number of carbonyl (C=O) groups is 1. The Morgan fingerprint density at radius 2 is 2.33 bits per heavy atom. The van der Waals surface area contributed by atoms with Gasteiger partial charge in [0, 0.05) is 5.56 Å². The van der Waals surface area contributed by atoms with Gasteiger partial charge in [-0.2, -0.15) is 5.10 Å². The van der Waals surface area contributed by atoms with Crippen LogP contribution >= 0.6 is 23.4 Å². The largest absolute Gasteiger partial charge is 0.303 e. The summed E-state index contributed by atoms with van der Waals surface area (Å²) in [4.78, 5) is 10.9. The molecule has 1 amide bonds. The van der Waals surface area contributed by atoms with Crippen molar-refractivity contribution in [1.82, 2.24) is 5.32 Å². The van der Waals surface area contributed by atoms with E-state index in [0.717, 1.165) is 5.56 Å². The highest BCUT2D eigenvalue weighted by atomic mass is 35.5. The third-order valence-corrected chi connectivity index (χ3v) is 3.61. The number of hydrogen-bond donors (Lipinski definition) is 1. The van der Waals surface area contributed by atoms with Crippen molar-refractivity contribution >= 4 is 40.7 Å². The number of hydrogen-bond acceptors (Lipinski definition) is 4. The molecular weight excluding hydrogens is 277 g/mol. The molecule has 2 rings (SSSR count). The molecule has 94 valence electrons. The summed E-state index contributed by atoms with van der Waals surface area (Å²) in [5.74, 6) is -0.250. The van der Waals surface area contributed by atoms with Crippen LogP contribution in [0.15, 0.2) is 22.3 Å². The average Bonchev–Trinajstić information content (AvgIpc) is 2.74. The first-order valence-electron chi connectivity index (χ1n) is 5.06. The van der Waals surface area contributed by atoms with Crippen LogP contribution in [0.3, 0.4) is 0 Å². The van der Waals surface area contributed by atoms with Crippen molar-refractivity contribution in [2.24, 2.45) is 10.2 Å². The Hall–Kier alpha value is -1.40. The number of benzene rings is 1. The summed E-state index contributed by atoms with van der Waals surface area (Å²) in [6.07, 6.45) is 1.24. The zero-order valence-electron chi connectivity index (χ0n) is 9.41. The molecule has 0 radical (unpaired) electrons. The Kier molecular flexibility index (Phi) is 3.98. The zero-order chi connectivity index (χ0) is 13.1. The number of nitrogens with one attached hydrogen (secondary N) is 1. The van der Waals surface area contributed by atoms with Gasteiger partial charge in [0.15, 0.2) is 5.17 Å². The Bertz CT molecular complexity index is 559. The van der Waals surface area contributed by atoms with Gasteiger partial charge in [-0.1, -0.05) is 29.4 Å². The van der Waals surface area contributed by atoms with Crippen molar-refractivity contribution in [3.63, 3.8) is 0 Å². The number of halogens is 2. The van der Waals surface area contributed by atoms with Gasteiger partial charge in [-0.25, -0.2) is 4.39 Å². The Morgan fingerprint density at radius 3 is 3.00 bits per heavy atom. The molecule has 0 aliphatic carbocycles.